The number of para-hydroxylation sites is 1. The van der Waals surface area contributed by atoms with Crippen LogP contribution in [0.5, 0.6) is 5.75 Å². The summed E-state index contributed by atoms with van der Waals surface area (Å²) in [5.41, 5.74) is 4.38. The van der Waals surface area contributed by atoms with Crippen LogP contribution in [0.25, 0.3) is 11.0 Å². The number of methoxy groups -OCH3 is 1. The molecule has 8 nitrogen and oxygen atoms in total. The molecule has 1 atom stereocenters. The van der Waals surface area contributed by atoms with Crippen LogP contribution >= 0.6 is 0 Å². The smallest absolute Gasteiger partial charge is 0.227 e. The van der Waals surface area contributed by atoms with Gasteiger partial charge in [-0.1, -0.05) is 12.1 Å². The number of pyridine rings is 1. The maximum Gasteiger partial charge on any atom is 0.227 e. The fraction of sp³-hybridized carbons (Fsp3) is 0.320. The second-order valence-electron chi connectivity index (χ2n) is 8.26. The second kappa shape index (κ2) is 9.17. The number of aryl methyl sites for hydroxylation is 2. The lowest BCUT2D eigenvalue weighted by Crippen LogP contribution is -2.38. The van der Waals surface area contributed by atoms with E-state index in [-0.39, 0.29) is 6.10 Å². The van der Waals surface area contributed by atoms with Gasteiger partial charge in [0.05, 0.1) is 37.8 Å². The lowest BCUT2D eigenvalue weighted by atomic mass is 10.1. The number of furan rings is 1. The summed E-state index contributed by atoms with van der Waals surface area (Å²) < 4.78 is 17.5. The lowest BCUT2D eigenvalue weighted by Gasteiger charge is -2.32. The first-order chi connectivity index (χ1) is 16.1. The number of fused-ring (bicyclic) bond motifs is 1. The summed E-state index contributed by atoms with van der Waals surface area (Å²) >= 11 is 0. The van der Waals surface area contributed by atoms with Crippen molar-refractivity contribution in [3.63, 3.8) is 0 Å². The van der Waals surface area contributed by atoms with E-state index in [1.807, 2.05) is 50.2 Å². The summed E-state index contributed by atoms with van der Waals surface area (Å²) in [6, 6.07) is 13.9. The number of hydrogen-bond donors (Lipinski definition) is 1. The fourth-order valence-corrected chi connectivity index (χ4v) is 4.15. The number of morpholine rings is 1. The van der Waals surface area contributed by atoms with Gasteiger partial charge in [-0.25, -0.2) is 9.97 Å². The first kappa shape index (κ1) is 21.4. The standard InChI is InChI=1S/C25H27N5O3/c1-16-11-17(2)28-25(27-16)29-19-7-8-21(26-13-19)23-15-30(9-10-32-23)14-20-12-18-5-4-6-22(31-3)24(18)33-20/h4-8,11-13,23H,9-10,14-15H2,1-3H3,(H,27,28,29)/t23-/m0/s1. The molecule has 4 heterocycles. The minimum Gasteiger partial charge on any atom is -0.493 e. The van der Waals surface area contributed by atoms with Crippen molar-refractivity contribution in [1.82, 2.24) is 19.9 Å². The molecule has 0 radical (unpaired) electrons. The molecule has 170 valence electrons. The zero-order chi connectivity index (χ0) is 22.8. The highest BCUT2D eigenvalue weighted by Crippen LogP contribution is 2.30. The molecule has 4 aromatic rings. The lowest BCUT2D eigenvalue weighted by molar-refractivity contribution is -0.0366. The Labute approximate surface area is 192 Å². The van der Waals surface area contributed by atoms with Crippen molar-refractivity contribution in [1.29, 1.82) is 0 Å². The molecule has 5 rings (SSSR count). The highest BCUT2D eigenvalue weighted by molar-refractivity contribution is 5.83. The summed E-state index contributed by atoms with van der Waals surface area (Å²) in [7, 11) is 1.66. The Bertz CT molecular complexity index is 1230. The van der Waals surface area contributed by atoms with Crippen LogP contribution < -0.4 is 10.1 Å². The van der Waals surface area contributed by atoms with Crippen molar-refractivity contribution in [2.45, 2.75) is 26.5 Å². The van der Waals surface area contributed by atoms with Gasteiger partial charge < -0.3 is 19.2 Å². The SMILES string of the molecule is COc1cccc2cc(CN3CCO[C@H](c4ccc(Nc5nc(C)cc(C)n5)cn4)C3)oc12. The topological polar surface area (TPSA) is 85.5 Å². The number of ether oxygens (including phenoxy) is 2. The molecule has 1 aromatic carbocycles. The van der Waals surface area contributed by atoms with E-state index in [1.165, 1.54) is 0 Å². The van der Waals surface area contributed by atoms with Crippen molar-refractivity contribution in [2.75, 3.05) is 32.1 Å². The quantitative estimate of drug-likeness (QED) is 0.462. The average molecular weight is 446 g/mol. The van der Waals surface area contributed by atoms with Gasteiger partial charge in [0.1, 0.15) is 11.9 Å². The van der Waals surface area contributed by atoms with Gasteiger partial charge in [0.2, 0.25) is 5.95 Å². The van der Waals surface area contributed by atoms with Crippen LogP contribution in [0, 0.1) is 13.8 Å². The summed E-state index contributed by atoms with van der Waals surface area (Å²) in [6.45, 7) is 6.85. The normalized spacial score (nSPS) is 16.8. The van der Waals surface area contributed by atoms with E-state index in [0.29, 0.717) is 19.1 Å². The Morgan fingerprint density at radius 2 is 1.97 bits per heavy atom. The van der Waals surface area contributed by atoms with E-state index in [9.17, 15) is 0 Å². The molecule has 0 unspecified atom stereocenters. The van der Waals surface area contributed by atoms with Crippen LogP contribution in [0.4, 0.5) is 11.6 Å². The molecule has 0 spiro atoms. The Morgan fingerprint density at radius 1 is 1.12 bits per heavy atom. The first-order valence-electron chi connectivity index (χ1n) is 11.0. The maximum absolute atomic E-state index is 6.08. The number of hydrogen-bond acceptors (Lipinski definition) is 8. The molecule has 0 aliphatic carbocycles. The molecular formula is C25H27N5O3. The van der Waals surface area contributed by atoms with E-state index < -0.39 is 0 Å². The number of aromatic nitrogens is 3. The van der Waals surface area contributed by atoms with Gasteiger partial charge in [-0.05, 0) is 44.2 Å². The van der Waals surface area contributed by atoms with Crippen LogP contribution in [0.15, 0.2) is 53.1 Å². The monoisotopic (exact) mass is 445 g/mol. The van der Waals surface area contributed by atoms with Crippen molar-refractivity contribution in [3.05, 3.63) is 71.5 Å². The molecule has 0 bridgehead atoms. The second-order valence-corrected chi connectivity index (χ2v) is 8.26. The molecule has 3 aromatic heterocycles. The molecule has 8 heteroatoms. The number of anilines is 2. The highest BCUT2D eigenvalue weighted by atomic mass is 16.5. The van der Waals surface area contributed by atoms with E-state index in [4.69, 9.17) is 13.9 Å². The molecule has 33 heavy (non-hydrogen) atoms. The molecule has 1 fully saturated rings. The number of nitrogens with one attached hydrogen (secondary N) is 1. The molecular weight excluding hydrogens is 418 g/mol. The van der Waals surface area contributed by atoms with Crippen molar-refractivity contribution >= 4 is 22.6 Å². The van der Waals surface area contributed by atoms with Crippen LogP contribution in [0.3, 0.4) is 0 Å². The van der Waals surface area contributed by atoms with E-state index in [2.05, 4.69) is 31.2 Å². The van der Waals surface area contributed by atoms with Crippen LogP contribution in [0.2, 0.25) is 0 Å². The molecule has 1 aliphatic rings. The van der Waals surface area contributed by atoms with Crippen molar-refractivity contribution in [3.8, 4) is 5.75 Å². The van der Waals surface area contributed by atoms with Gasteiger partial charge in [0.25, 0.3) is 0 Å². The molecule has 1 N–H and O–H groups in total. The Hall–Kier alpha value is -3.49. The van der Waals surface area contributed by atoms with Crippen molar-refractivity contribution < 1.29 is 13.9 Å². The number of benzene rings is 1. The third kappa shape index (κ3) is 4.81. The number of nitrogens with zero attached hydrogens (tertiary/aromatic N) is 4. The van der Waals surface area contributed by atoms with Crippen LogP contribution in [0.1, 0.15) is 28.9 Å². The molecule has 0 amide bonds. The van der Waals surface area contributed by atoms with Crippen LogP contribution in [-0.4, -0.2) is 46.7 Å². The molecule has 1 saturated heterocycles. The van der Waals surface area contributed by atoms with Crippen molar-refractivity contribution in [2.24, 2.45) is 0 Å². The van der Waals surface area contributed by atoms with Gasteiger partial charge in [-0.15, -0.1) is 0 Å². The summed E-state index contributed by atoms with van der Waals surface area (Å²) in [6.07, 6.45) is 1.70. The highest BCUT2D eigenvalue weighted by Gasteiger charge is 2.24. The fourth-order valence-electron chi connectivity index (χ4n) is 4.15. The summed E-state index contributed by atoms with van der Waals surface area (Å²) in [4.78, 5) is 15.8. The Kier molecular flexibility index (Phi) is 5.93. The average Bonchev–Trinajstić information content (AvgIpc) is 3.21. The summed E-state index contributed by atoms with van der Waals surface area (Å²) in [5.74, 6) is 2.24. The van der Waals surface area contributed by atoms with Crippen LogP contribution in [-0.2, 0) is 11.3 Å². The minimum atomic E-state index is -0.0934. The number of rotatable bonds is 6. The predicted octanol–water partition coefficient (Wildman–Crippen LogP) is 4.56. The summed E-state index contributed by atoms with van der Waals surface area (Å²) in [5, 5.41) is 4.27. The third-order valence-electron chi connectivity index (χ3n) is 5.66. The third-order valence-corrected chi connectivity index (χ3v) is 5.66. The minimum absolute atomic E-state index is 0.0934. The van der Waals surface area contributed by atoms with Gasteiger partial charge in [0, 0.05) is 29.9 Å². The first-order valence-corrected chi connectivity index (χ1v) is 11.0. The van der Waals surface area contributed by atoms with E-state index in [1.54, 1.807) is 13.3 Å². The van der Waals surface area contributed by atoms with Gasteiger partial charge in [-0.2, -0.15) is 0 Å². The van der Waals surface area contributed by atoms with E-state index in [0.717, 1.165) is 58.3 Å². The largest absolute Gasteiger partial charge is 0.493 e. The molecule has 0 saturated carbocycles. The van der Waals surface area contributed by atoms with Gasteiger partial charge in [0.15, 0.2) is 11.3 Å². The zero-order valence-corrected chi connectivity index (χ0v) is 19.0. The Morgan fingerprint density at radius 3 is 2.73 bits per heavy atom. The van der Waals surface area contributed by atoms with Gasteiger partial charge in [-0.3, -0.25) is 9.88 Å². The van der Waals surface area contributed by atoms with E-state index >= 15 is 0 Å². The maximum atomic E-state index is 6.08. The Balaban J connectivity index is 1.25. The van der Waals surface area contributed by atoms with Gasteiger partial charge >= 0.3 is 0 Å². The molecule has 1 aliphatic heterocycles. The zero-order valence-electron chi connectivity index (χ0n) is 19.0. The predicted molar refractivity (Wildman–Crippen MR) is 126 cm³/mol.